The lowest BCUT2D eigenvalue weighted by Gasteiger charge is -2.07. The third-order valence-corrected chi connectivity index (χ3v) is 1.86. The Hall–Kier alpha value is -1.19. The van der Waals surface area contributed by atoms with Gasteiger partial charge in [0, 0.05) is 0 Å². The van der Waals surface area contributed by atoms with E-state index in [2.05, 4.69) is 11.6 Å². The quantitative estimate of drug-likeness (QED) is 0.689. The second-order valence-corrected chi connectivity index (χ2v) is 2.76. The van der Waals surface area contributed by atoms with Crippen LogP contribution >= 0.6 is 0 Å². The number of rotatable bonds is 2. The largest absolute Gasteiger partial charge is 0.345 e. The van der Waals surface area contributed by atoms with E-state index in [9.17, 15) is 0 Å². The van der Waals surface area contributed by atoms with E-state index in [0.29, 0.717) is 13.2 Å². The fraction of sp³-hybridized carbons (Fsp3) is 0.300. The molecule has 1 aromatic rings. The van der Waals surface area contributed by atoms with Gasteiger partial charge in [-0.25, -0.2) is 4.98 Å². The van der Waals surface area contributed by atoms with Gasteiger partial charge in [-0.05, 0) is 18.2 Å². The minimum Gasteiger partial charge on any atom is -0.345 e. The SMILES string of the molecule is C=Cc1cccc(C2OCCO2)n1. The molecule has 0 amide bonds. The molecule has 0 N–H and O–H groups in total. The summed E-state index contributed by atoms with van der Waals surface area (Å²) in [5, 5.41) is 0. The highest BCUT2D eigenvalue weighted by Crippen LogP contribution is 2.21. The Balaban J connectivity index is 2.23. The number of aromatic nitrogens is 1. The Morgan fingerprint density at radius 3 is 2.85 bits per heavy atom. The number of pyridine rings is 1. The number of nitrogens with zero attached hydrogens (tertiary/aromatic N) is 1. The van der Waals surface area contributed by atoms with Crippen LogP contribution in [0, 0.1) is 0 Å². The molecule has 1 fully saturated rings. The van der Waals surface area contributed by atoms with Crippen LogP contribution in [0.1, 0.15) is 17.7 Å². The molecule has 0 atom stereocenters. The van der Waals surface area contributed by atoms with Crippen LogP contribution in [-0.2, 0) is 9.47 Å². The first kappa shape index (κ1) is 8.41. The molecule has 1 aromatic heterocycles. The zero-order valence-corrected chi connectivity index (χ0v) is 7.27. The zero-order chi connectivity index (χ0) is 9.10. The average molecular weight is 177 g/mol. The van der Waals surface area contributed by atoms with Gasteiger partial charge in [0.1, 0.15) is 0 Å². The van der Waals surface area contributed by atoms with E-state index >= 15 is 0 Å². The molecule has 1 aliphatic rings. The lowest BCUT2D eigenvalue weighted by molar-refractivity contribution is -0.0473. The van der Waals surface area contributed by atoms with Crippen LogP contribution in [0.2, 0.25) is 0 Å². The van der Waals surface area contributed by atoms with Gasteiger partial charge in [-0.2, -0.15) is 0 Å². The van der Waals surface area contributed by atoms with E-state index < -0.39 is 0 Å². The Bertz CT molecular complexity index is 306. The van der Waals surface area contributed by atoms with Crippen molar-refractivity contribution in [2.24, 2.45) is 0 Å². The second-order valence-electron chi connectivity index (χ2n) is 2.76. The van der Waals surface area contributed by atoms with Crippen molar-refractivity contribution >= 4 is 6.08 Å². The number of hydrogen-bond acceptors (Lipinski definition) is 3. The van der Waals surface area contributed by atoms with Gasteiger partial charge in [0.05, 0.1) is 24.6 Å². The van der Waals surface area contributed by atoms with Crippen LogP contribution in [-0.4, -0.2) is 18.2 Å². The maximum Gasteiger partial charge on any atom is 0.201 e. The summed E-state index contributed by atoms with van der Waals surface area (Å²) in [5.41, 5.74) is 1.66. The molecule has 0 radical (unpaired) electrons. The fourth-order valence-corrected chi connectivity index (χ4v) is 1.24. The average Bonchev–Trinajstić information content (AvgIpc) is 2.71. The molecule has 2 heterocycles. The minimum atomic E-state index is -0.292. The molecular weight excluding hydrogens is 166 g/mol. The van der Waals surface area contributed by atoms with E-state index in [0.717, 1.165) is 11.4 Å². The first-order chi connectivity index (χ1) is 6.40. The van der Waals surface area contributed by atoms with Crippen molar-refractivity contribution in [3.8, 4) is 0 Å². The Kier molecular flexibility index (Phi) is 2.38. The molecule has 0 unspecified atom stereocenters. The predicted molar refractivity (Wildman–Crippen MR) is 49.0 cm³/mol. The van der Waals surface area contributed by atoms with Crippen molar-refractivity contribution in [2.75, 3.05) is 13.2 Å². The van der Waals surface area contributed by atoms with Crippen LogP contribution in [0.4, 0.5) is 0 Å². The second kappa shape index (κ2) is 3.68. The number of ether oxygens (including phenoxy) is 2. The maximum atomic E-state index is 5.32. The predicted octanol–water partition coefficient (Wildman–Crippen LogP) is 1.77. The van der Waals surface area contributed by atoms with Gasteiger partial charge in [-0.1, -0.05) is 12.6 Å². The molecule has 1 aliphatic heterocycles. The van der Waals surface area contributed by atoms with Gasteiger partial charge in [0.15, 0.2) is 0 Å². The Morgan fingerprint density at radius 2 is 2.15 bits per heavy atom. The summed E-state index contributed by atoms with van der Waals surface area (Å²) in [4.78, 5) is 4.31. The molecule has 3 nitrogen and oxygen atoms in total. The van der Waals surface area contributed by atoms with Crippen molar-refractivity contribution in [1.29, 1.82) is 0 Å². The summed E-state index contributed by atoms with van der Waals surface area (Å²) < 4.78 is 10.6. The van der Waals surface area contributed by atoms with Crippen LogP contribution in [0.25, 0.3) is 6.08 Å². The van der Waals surface area contributed by atoms with Crippen molar-refractivity contribution in [3.05, 3.63) is 36.2 Å². The molecule has 0 aromatic carbocycles. The van der Waals surface area contributed by atoms with Crippen LogP contribution in [0.3, 0.4) is 0 Å². The summed E-state index contributed by atoms with van der Waals surface area (Å²) >= 11 is 0. The van der Waals surface area contributed by atoms with Crippen molar-refractivity contribution in [3.63, 3.8) is 0 Å². The smallest absolute Gasteiger partial charge is 0.201 e. The first-order valence-electron chi connectivity index (χ1n) is 4.23. The third kappa shape index (κ3) is 1.76. The van der Waals surface area contributed by atoms with E-state index in [1.165, 1.54) is 0 Å². The molecule has 68 valence electrons. The van der Waals surface area contributed by atoms with Crippen LogP contribution < -0.4 is 0 Å². The lowest BCUT2D eigenvalue weighted by Crippen LogP contribution is -2.01. The summed E-state index contributed by atoms with van der Waals surface area (Å²) in [6, 6.07) is 5.71. The van der Waals surface area contributed by atoms with Gasteiger partial charge in [0.2, 0.25) is 6.29 Å². The molecule has 3 heteroatoms. The van der Waals surface area contributed by atoms with E-state index in [4.69, 9.17) is 9.47 Å². The molecule has 13 heavy (non-hydrogen) atoms. The van der Waals surface area contributed by atoms with Crippen LogP contribution in [0.5, 0.6) is 0 Å². The van der Waals surface area contributed by atoms with Crippen molar-refractivity contribution in [2.45, 2.75) is 6.29 Å². The maximum absolute atomic E-state index is 5.32. The van der Waals surface area contributed by atoms with Gasteiger partial charge in [-0.15, -0.1) is 0 Å². The molecule has 2 rings (SSSR count). The van der Waals surface area contributed by atoms with Crippen molar-refractivity contribution in [1.82, 2.24) is 4.98 Å². The molecule has 0 spiro atoms. The third-order valence-electron chi connectivity index (χ3n) is 1.86. The summed E-state index contributed by atoms with van der Waals surface area (Å²) in [7, 11) is 0. The lowest BCUT2D eigenvalue weighted by atomic mass is 10.3. The summed E-state index contributed by atoms with van der Waals surface area (Å²) in [6.45, 7) is 4.94. The van der Waals surface area contributed by atoms with Gasteiger partial charge >= 0.3 is 0 Å². The van der Waals surface area contributed by atoms with Gasteiger partial charge in [-0.3, -0.25) is 0 Å². The summed E-state index contributed by atoms with van der Waals surface area (Å²) in [6.07, 6.45) is 1.42. The molecule has 0 aliphatic carbocycles. The molecule has 0 bridgehead atoms. The minimum absolute atomic E-state index is 0.292. The normalized spacial score (nSPS) is 17.5. The highest BCUT2D eigenvalue weighted by Gasteiger charge is 2.19. The van der Waals surface area contributed by atoms with Gasteiger partial charge < -0.3 is 9.47 Å². The summed E-state index contributed by atoms with van der Waals surface area (Å²) in [5.74, 6) is 0. The van der Waals surface area contributed by atoms with Gasteiger partial charge in [0.25, 0.3) is 0 Å². The number of hydrogen-bond donors (Lipinski definition) is 0. The Morgan fingerprint density at radius 1 is 1.38 bits per heavy atom. The topological polar surface area (TPSA) is 31.4 Å². The highest BCUT2D eigenvalue weighted by atomic mass is 16.7. The standard InChI is InChI=1S/C10H11NO2/c1-2-8-4-3-5-9(11-8)10-12-6-7-13-10/h2-5,10H,1,6-7H2. The van der Waals surface area contributed by atoms with Crippen LogP contribution in [0.15, 0.2) is 24.8 Å². The molecular formula is C10H11NO2. The van der Waals surface area contributed by atoms with E-state index in [-0.39, 0.29) is 6.29 Å². The van der Waals surface area contributed by atoms with Crippen molar-refractivity contribution < 1.29 is 9.47 Å². The van der Waals surface area contributed by atoms with E-state index in [1.54, 1.807) is 6.08 Å². The zero-order valence-electron chi connectivity index (χ0n) is 7.27. The highest BCUT2D eigenvalue weighted by molar-refractivity contribution is 5.41. The first-order valence-corrected chi connectivity index (χ1v) is 4.23. The fourth-order valence-electron chi connectivity index (χ4n) is 1.24. The molecule has 0 saturated carbocycles. The molecule has 1 saturated heterocycles. The Labute approximate surface area is 77.0 Å². The monoisotopic (exact) mass is 177 g/mol. The van der Waals surface area contributed by atoms with E-state index in [1.807, 2.05) is 18.2 Å².